The molecule has 0 saturated carbocycles. The molecule has 0 bridgehead atoms. The summed E-state index contributed by atoms with van der Waals surface area (Å²) in [6.45, 7) is 1.70. The summed E-state index contributed by atoms with van der Waals surface area (Å²) in [4.78, 5) is 10.6. The van der Waals surface area contributed by atoms with E-state index in [4.69, 9.17) is 28.3 Å². The van der Waals surface area contributed by atoms with Gasteiger partial charge in [-0.1, -0.05) is 35.3 Å². The molecule has 0 fully saturated rings. The molecule has 3 N–H and O–H groups in total. The molecule has 0 spiro atoms. The Morgan fingerprint density at radius 3 is 2.48 bits per heavy atom. The first-order valence-electron chi connectivity index (χ1n) is 6.66. The Morgan fingerprint density at radius 2 is 1.87 bits per heavy atom. The van der Waals surface area contributed by atoms with E-state index in [2.05, 4.69) is 10.5 Å². The average molecular weight is 353 g/mol. The molecule has 0 aliphatic heterocycles. The number of nitrogens with one attached hydrogen (secondary N) is 1. The largest absolute Gasteiger partial charge is 0.506 e. The predicted molar refractivity (Wildman–Crippen MR) is 91.7 cm³/mol. The highest BCUT2D eigenvalue weighted by Gasteiger charge is 2.10. The molecule has 0 aromatic heterocycles. The van der Waals surface area contributed by atoms with E-state index in [0.717, 1.165) is 0 Å². The Labute approximate surface area is 143 Å². The number of rotatable bonds is 5. The topological polar surface area (TPSA) is 81.9 Å². The smallest absolute Gasteiger partial charge is 0.307 e. The number of carboxylic acids is 1. The minimum Gasteiger partial charge on any atom is -0.506 e. The maximum absolute atomic E-state index is 10.6. The first-order chi connectivity index (χ1) is 10.9. The summed E-state index contributed by atoms with van der Waals surface area (Å²) < 4.78 is 0. The Hall–Kier alpha value is -2.24. The van der Waals surface area contributed by atoms with E-state index in [1.54, 1.807) is 37.3 Å². The number of phenolic OH excluding ortho intramolecular Hbond substituents is 1. The lowest BCUT2D eigenvalue weighted by Crippen LogP contribution is -2.02. The summed E-state index contributed by atoms with van der Waals surface area (Å²) in [7, 11) is 0. The average Bonchev–Trinajstić information content (AvgIpc) is 2.49. The van der Waals surface area contributed by atoms with Crippen LogP contribution in [0.3, 0.4) is 0 Å². The molecule has 0 radical (unpaired) electrons. The molecule has 23 heavy (non-hydrogen) atoms. The molecule has 2 rings (SSSR count). The lowest BCUT2D eigenvalue weighted by Gasteiger charge is -2.08. The number of phenols is 1. The molecule has 0 atom stereocenters. The highest BCUT2D eigenvalue weighted by molar-refractivity contribution is 6.36. The van der Waals surface area contributed by atoms with Crippen molar-refractivity contribution in [3.05, 3.63) is 57.6 Å². The van der Waals surface area contributed by atoms with Crippen LogP contribution in [0.15, 0.2) is 41.5 Å². The van der Waals surface area contributed by atoms with Crippen molar-refractivity contribution in [2.45, 2.75) is 13.3 Å². The van der Waals surface area contributed by atoms with Crippen LogP contribution in [0.5, 0.6) is 5.75 Å². The molecule has 0 saturated heterocycles. The van der Waals surface area contributed by atoms with Gasteiger partial charge in [0.25, 0.3) is 0 Å². The summed E-state index contributed by atoms with van der Waals surface area (Å²) in [6.07, 6.45) is -0.0303. The van der Waals surface area contributed by atoms with Crippen LogP contribution >= 0.6 is 23.2 Å². The van der Waals surface area contributed by atoms with Gasteiger partial charge in [0.15, 0.2) is 0 Å². The van der Waals surface area contributed by atoms with E-state index in [1.165, 1.54) is 6.07 Å². The van der Waals surface area contributed by atoms with Gasteiger partial charge in [-0.15, -0.1) is 0 Å². The zero-order valence-corrected chi connectivity index (χ0v) is 13.7. The molecule has 120 valence electrons. The number of hydrogen-bond acceptors (Lipinski definition) is 4. The van der Waals surface area contributed by atoms with E-state index < -0.39 is 5.97 Å². The molecule has 5 nitrogen and oxygen atoms in total. The number of benzene rings is 2. The Bertz CT molecular complexity index is 759. The zero-order chi connectivity index (χ0) is 17.0. The van der Waals surface area contributed by atoms with Gasteiger partial charge in [0.05, 0.1) is 22.8 Å². The SMILES string of the molecule is C/C(=N\Nc1ccc(CC(=O)O)cc1)c1cc(Cl)cc(Cl)c1O. The molecule has 0 unspecified atom stereocenters. The second-order valence-electron chi connectivity index (χ2n) is 4.86. The van der Waals surface area contributed by atoms with Crippen LogP contribution in [-0.4, -0.2) is 21.9 Å². The number of nitrogens with zero attached hydrogens (tertiary/aromatic N) is 1. The summed E-state index contributed by atoms with van der Waals surface area (Å²) in [5, 5.41) is 23.4. The molecule has 0 aliphatic carbocycles. The number of halogens is 2. The van der Waals surface area contributed by atoms with E-state index in [9.17, 15) is 9.90 Å². The standard InChI is InChI=1S/C16H14Cl2N2O3/c1-9(13-7-11(17)8-14(18)16(13)23)19-20-12-4-2-10(3-5-12)6-15(21)22/h2-5,7-8,20,23H,6H2,1H3,(H,21,22)/b19-9+. The number of hydrazone groups is 1. The Morgan fingerprint density at radius 1 is 1.22 bits per heavy atom. The fraction of sp³-hybridized carbons (Fsp3) is 0.125. The molecular formula is C16H14Cl2N2O3. The van der Waals surface area contributed by atoms with Crippen LogP contribution in [0.25, 0.3) is 0 Å². The van der Waals surface area contributed by atoms with Crippen molar-refractivity contribution in [3.63, 3.8) is 0 Å². The second kappa shape index (κ2) is 7.35. The van der Waals surface area contributed by atoms with Gasteiger partial charge in [-0.05, 0) is 36.8 Å². The quantitative estimate of drug-likeness (QED) is 0.557. The third kappa shape index (κ3) is 4.61. The first-order valence-corrected chi connectivity index (χ1v) is 7.42. The fourth-order valence-corrected chi connectivity index (χ4v) is 2.42. The number of carboxylic acid groups (broad SMARTS) is 1. The number of hydrogen-bond donors (Lipinski definition) is 3. The van der Waals surface area contributed by atoms with E-state index in [0.29, 0.717) is 27.5 Å². The minimum absolute atomic E-state index is 0.0303. The molecular weight excluding hydrogens is 339 g/mol. The highest BCUT2D eigenvalue weighted by atomic mass is 35.5. The van der Waals surface area contributed by atoms with Crippen LogP contribution in [0.1, 0.15) is 18.1 Å². The normalized spacial score (nSPS) is 11.3. The summed E-state index contributed by atoms with van der Waals surface area (Å²) in [5.41, 5.74) is 5.15. The minimum atomic E-state index is -0.882. The van der Waals surface area contributed by atoms with Gasteiger partial charge in [-0.25, -0.2) is 0 Å². The third-order valence-corrected chi connectivity index (χ3v) is 3.59. The van der Waals surface area contributed by atoms with Crippen molar-refractivity contribution >= 4 is 40.6 Å². The van der Waals surface area contributed by atoms with Crippen LogP contribution in [-0.2, 0) is 11.2 Å². The third-order valence-electron chi connectivity index (χ3n) is 3.08. The van der Waals surface area contributed by atoms with Crippen molar-refractivity contribution in [2.75, 3.05) is 5.43 Å². The lowest BCUT2D eigenvalue weighted by atomic mass is 10.1. The van der Waals surface area contributed by atoms with E-state index >= 15 is 0 Å². The number of carbonyl (C=O) groups is 1. The molecule has 7 heteroatoms. The number of aromatic hydroxyl groups is 1. The summed E-state index contributed by atoms with van der Waals surface area (Å²) in [6, 6.07) is 9.87. The van der Waals surface area contributed by atoms with Crippen molar-refractivity contribution in [1.29, 1.82) is 0 Å². The van der Waals surface area contributed by atoms with Gasteiger partial charge < -0.3 is 10.2 Å². The zero-order valence-electron chi connectivity index (χ0n) is 12.2. The van der Waals surface area contributed by atoms with Crippen molar-refractivity contribution in [1.82, 2.24) is 0 Å². The molecule has 2 aromatic rings. The van der Waals surface area contributed by atoms with Crippen LogP contribution in [0.4, 0.5) is 5.69 Å². The maximum Gasteiger partial charge on any atom is 0.307 e. The molecule has 0 heterocycles. The maximum atomic E-state index is 10.6. The van der Waals surface area contributed by atoms with Gasteiger partial charge in [-0.3, -0.25) is 10.2 Å². The monoisotopic (exact) mass is 352 g/mol. The van der Waals surface area contributed by atoms with Crippen molar-refractivity contribution < 1.29 is 15.0 Å². The second-order valence-corrected chi connectivity index (χ2v) is 5.70. The number of anilines is 1. The van der Waals surface area contributed by atoms with Gasteiger partial charge in [0.2, 0.25) is 0 Å². The van der Waals surface area contributed by atoms with Gasteiger partial charge in [0.1, 0.15) is 5.75 Å². The predicted octanol–water partition coefficient (Wildman–Crippen LogP) is 4.16. The molecule has 2 aromatic carbocycles. The summed E-state index contributed by atoms with van der Waals surface area (Å²) in [5.74, 6) is -0.969. The number of aliphatic carboxylic acids is 1. The van der Waals surface area contributed by atoms with Crippen LogP contribution < -0.4 is 5.43 Å². The van der Waals surface area contributed by atoms with Crippen LogP contribution in [0, 0.1) is 0 Å². The van der Waals surface area contributed by atoms with Crippen molar-refractivity contribution in [3.8, 4) is 5.75 Å². The lowest BCUT2D eigenvalue weighted by molar-refractivity contribution is -0.136. The van der Waals surface area contributed by atoms with Gasteiger partial charge in [0, 0.05) is 10.6 Å². The van der Waals surface area contributed by atoms with Crippen molar-refractivity contribution in [2.24, 2.45) is 5.10 Å². The van der Waals surface area contributed by atoms with Crippen LogP contribution in [0.2, 0.25) is 10.0 Å². The molecule has 0 aliphatic rings. The van der Waals surface area contributed by atoms with Gasteiger partial charge in [-0.2, -0.15) is 5.10 Å². The molecule has 0 amide bonds. The Kier molecular flexibility index (Phi) is 5.47. The highest BCUT2D eigenvalue weighted by Crippen LogP contribution is 2.31. The Balaban J connectivity index is 2.15. The summed E-state index contributed by atoms with van der Waals surface area (Å²) >= 11 is 11.8. The van der Waals surface area contributed by atoms with E-state index in [-0.39, 0.29) is 17.2 Å². The first kappa shape index (κ1) is 17.1. The van der Waals surface area contributed by atoms with E-state index in [1.807, 2.05) is 0 Å². The fourth-order valence-electron chi connectivity index (χ4n) is 1.92. The van der Waals surface area contributed by atoms with Gasteiger partial charge >= 0.3 is 5.97 Å².